The second-order valence-electron chi connectivity index (χ2n) is 5.83. The molecule has 0 amide bonds. The predicted molar refractivity (Wildman–Crippen MR) is 109 cm³/mol. The van der Waals surface area contributed by atoms with Gasteiger partial charge in [-0.25, -0.2) is 0 Å². The summed E-state index contributed by atoms with van der Waals surface area (Å²) < 4.78 is 4.74. The van der Waals surface area contributed by atoms with E-state index >= 15 is 0 Å². The number of hydrogen-bond donors (Lipinski definition) is 1. The van der Waals surface area contributed by atoms with E-state index in [9.17, 15) is 4.79 Å². The van der Waals surface area contributed by atoms with Gasteiger partial charge in [0.1, 0.15) is 0 Å². The molecule has 0 spiro atoms. The fourth-order valence-electron chi connectivity index (χ4n) is 2.87. The Labute approximate surface area is 165 Å². The number of carbonyl (C=O) groups is 1. The van der Waals surface area contributed by atoms with E-state index in [0.717, 1.165) is 34.9 Å². The van der Waals surface area contributed by atoms with Crippen LogP contribution in [0.4, 0.5) is 0 Å². The number of para-hydroxylation sites is 2. The minimum absolute atomic E-state index is 0. The standard InChI is InChI=1S/C19H20BrN3O.BrH/c1-2-3-12-22-16-6-4-5-7-17(16)23(19(22)21)13-18(24)14-8-10-15(20)11-9-14;/h4-11,21H,2-3,12-13H2,1H3;1H. The van der Waals surface area contributed by atoms with Crippen LogP contribution in [0.1, 0.15) is 30.1 Å². The van der Waals surface area contributed by atoms with Crippen LogP contribution in [0, 0.1) is 5.41 Å². The van der Waals surface area contributed by atoms with Gasteiger partial charge < -0.3 is 9.13 Å². The number of Topliss-reactive ketones (excluding diaryl/α,β-unsaturated/α-hetero) is 1. The minimum atomic E-state index is 0. The number of hydrogen-bond acceptors (Lipinski definition) is 2. The number of nitrogens with one attached hydrogen (secondary N) is 1. The molecule has 0 aliphatic rings. The van der Waals surface area contributed by atoms with E-state index in [4.69, 9.17) is 5.41 Å². The Morgan fingerprint density at radius 2 is 1.64 bits per heavy atom. The first-order chi connectivity index (χ1) is 11.6. The van der Waals surface area contributed by atoms with Crippen LogP contribution in [-0.4, -0.2) is 14.9 Å². The summed E-state index contributed by atoms with van der Waals surface area (Å²) in [6.45, 7) is 3.12. The fraction of sp³-hybridized carbons (Fsp3) is 0.263. The van der Waals surface area contributed by atoms with Crippen LogP contribution < -0.4 is 5.62 Å². The molecule has 1 N–H and O–H groups in total. The van der Waals surface area contributed by atoms with Crippen LogP contribution in [0.3, 0.4) is 0 Å². The number of aryl methyl sites for hydroxylation is 1. The van der Waals surface area contributed by atoms with Gasteiger partial charge in [0.25, 0.3) is 0 Å². The molecular formula is C19H21Br2N3O. The molecule has 132 valence electrons. The number of halogens is 2. The smallest absolute Gasteiger partial charge is 0.203 e. The Hall–Kier alpha value is -1.66. The number of unbranched alkanes of at least 4 members (excludes halogenated alkanes) is 1. The quantitative estimate of drug-likeness (QED) is 0.513. The topological polar surface area (TPSA) is 50.8 Å². The third kappa shape index (κ3) is 4.12. The molecule has 1 heterocycles. The zero-order valence-electron chi connectivity index (χ0n) is 14.0. The van der Waals surface area contributed by atoms with Crippen LogP contribution in [0.2, 0.25) is 0 Å². The number of benzene rings is 2. The summed E-state index contributed by atoms with van der Waals surface area (Å²) in [6, 6.07) is 15.3. The van der Waals surface area contributed by atoms with Crippen molar-refractivity contribution in [3.05, 3.63) is 64.2 Å². The molecule has 0 radical (unpaired) electrons. The Kier molecular flexibility index (Phi) is 6.79. The molecule has 0 aliphatic heterocycles. The molecule has 0 atom stereocenters. The first-order valence-corrected chi connectivity index (χ1v) is 8.92. The highest BCUT2D eigenvalue weighted by molar-refractivity contribution is 9.10. The Morgan fingerprint density at radius 1 is 1.04 bits per heavy atom. The van der Waals surface area contributed by atoms with Crippen LogP contribution in [0.15, 0.2) is 53.0 Å². The molecule has 0 aliphatic carbocycles. The Balaban J connectivity index is 0.00000225. The van der Waals surface area contributed by atoms with E-state index in [2.05, 4.69) is 22.9 Å². The first-order valence-electron chi connectivity index (χ1n) is 8.13. The third-order valence-corrected chi connectivity index (χ3v) is 4.71. The molecule has 3 rings (SSSR count). The van der Waals surface area contributed by atoms with Gasteiger partial charge in [-0.1, -0.05) is 53.5 Å². The lowest BCUT2D eigenvalue weighted by molar-refractivity contribution is 0.0971. The maximum absolute atomic E-state index is 12.6. The van der Waals surface area contributed by atoms with Crippen LogP contribution in [-0.2, 0) is 13.1 Å². The monoisotopic (exact) mass is 465 g/mol. The number of fused-ring (bicyclic) bond motifs is 1. The molecule has 25 heavy (non-hydrogen) atoms. The van der Waals surface area contributed by atoms with E-state index in [0.29, 0.717) is 11.2 Å². The fourth-order valence-corrected chi connectivity index (χ4v) is 3.13. The predicted octanol–water partition coefficient (Wildman–Crippen LogP) is 4.95. The van der Waals surface area contributed by atoms with Crippen molar-refractivity contribution in [1.29, 1.82) is 5.41 Å². The highest BCUT2D eigenvalue weighted by Gasteiger charge is 2.14. The van der Waals surface area contributed by atoms with Gasteiger partial charge in [-0.2, -0.15) is 0 Å². The number of imidazole rings is 1. The van der Waals surface area contributed by atoms with Gasteiger partial charge in [0.05, 0.1) is 17.6 Å². The van der Waals surface area contributed by atoms with E-state index in [1.807, 2.05) is 53.1 Å². The van der Waals surface area contributed by atoms with E-state index in [1.54, 1.807) is 4.57 Å². The summed E-state index contributed by atoms with van der Waals surface area (Å²) in [5.74, 6) is 0.0133. The molecule has 0 saturated carbocycles. The molecule has 4 nitrogen and oxygen atoms in total. The summed E-state index contributed by atoms with van der Waals surface area (Å²) in [5, 5.41) is 8.51. The van der Waals surface area contributed by atoms with Crippen molar-refractivity contribution in [1.82, 2.24) is 9.13 Å². The van der Waals surface area contributed by atoms with Crippen molar-refractivity contribution in [3.8, 4) is 0 Å². The maximum atomic E-state index is 12.6. The lowest BCUT2D eigenvalue weighted by Gasteiger charge is -2.05. The molecular weight excluding hydrogens is 446 g/mol. The molecule has 1 aromatic heterocycles. The molecule has 6 heteroatoms. The van der Waals surface area contributed by atoms with E-state index in [1.165, 1.54) is 0 Å². The second-order valence-corrected chi connectivity index (χ2v) is 6.75. The minimum Gasteiger partial charge on any atom is -0.310 e. The van der Waals surface area contributed by atoms with Crippen molar-refractivity contribution in [2.45, 2.75) is 32.9 Å². The number of nitrogens with zero attached hydrogens (tertiary/aromatic N) is 2. The van der Waals surface area contributed by atoms with Gasteiger partial charge >= 0.3 is 0 Å². The highest BCUT2D eigenvalue weighted by Crippen LogP contribution is 2.15. The molecule has 2 aromatic carbocycles. The summed E-state index contributed by atoms with van der Waals surface area (Å²) in [6.07, 6.45) is 2.09. The number of ketones is 1. The van der Waals surface area contributed by atoms with Crippen molar-refractivity contribution in [3.63, 3.8) is 0 Å². The number of aromatic nitrogens is 2. The van der Waals surface area contributed by atoms with Gasteiger partial charge in [-0.3, -0.25) is 10.2 Å². The average molecular weight is 467 g/mol. The lowest BCUT2D eigenvalue weighted by Crippen LogP contribution is -2.27. The van der Waals surface area contributed by atoms with Crippen molar-refractivity contribution in [2.75, 3.05) is 0 Å². The van der Waals surface area contributed by atoms with Gasteiger partial charge in [-0.05, 0) is 30.7 Å². The normalized spacial score (nSPS) is 10.6. The number of rotatable bonds is 6. The van der Waals surface area contributed by atoms with Crippen molar-refractivity contribution >= 4 is 49.7 Å². The first kappa shape index (κ1) is 19.7. The van der Waals surface area contributed by atoms with E-state index in [-0.39, 0.29) is 29.3 Å². The van der Waals surface area contributed by atoms with Gasteiger partial charge in [0.2, 0.25) is 5.62 Å². The summed E-state index contributed by atoms with van der Waals surface area (Å²) >= 11 is 3.38. The van der Waals surface area contributed by atoms with Crippen LogP contribution in [0.5, 0.6) is 0 Å². The zero-order valence-corrected chi connectivity index (χ0v) is 17.3. The van der Waals surface area contributed by atoms with Crippen molar-refractivity contribution < 1.29 is 4.79 Å². The third-order valence-electron chi connectivity index (χ3n) is 4.18. The second kappa shape index (κ2) is 8.63. The highest BCUT2D eigenvalue weighted by atomic mass is 79.9. The lowest BCUT2D eigenvalue weighted by atomic mass is 10.1. The van der Waals surface area contributed by atoms with Crippen molar-refractivity contribution in [2.24, 2.45) is 0 Å². The molecule has 0 bridgehead atoms. The summed E-state index contributed by atoms with van der Waals surface area (Å²) in [7, 11) is 0. The molecule has 3 aromatic rings. The zero-order chi connectivity index (χ0) is 17.1. The van der Waals surface area contributed by atoms with Gasteiger partial charge in [0.15, 0.2) is 5.78 Å². The van der Waals surface area contributed by atoms with Gasteiger partial charge in [0, 0.05) is 16.6 Å². The average Bonchev–Trinajstić information content (AvgIpc) is 2.85. The molecule has 0 unspecified atom stereocenters. The SMILES string of the molecule is Br.CCCCn1c(=N)n(CC(=O)c2ccc(Br)cc2)c2ccccc21. The maximum Gasteiger partial charge on any atom is 0.203 e. The molecule has 0 saturated heterocycles. The molecule has 0 fully saturated rings. The van der Waals surface area contributed by atoms with Gasteiger partial charge in [-0.15, -0.1) is 17.0 Å². The Morgan fingerprint density at radius 3 is 2.24 bits per heavy atom. The largest absolute Gasteiger partial charge is 0.310 e. The summed E-state index contributed by atoms with van der Waals surface area (Å²) in [5.41, 5.74) is 2.99. The summed E-state index contributed by atoms with van der Waals surface area (Å²) in [4.78, 5) is 12.6. The van der Waals surface area contributed by atoms with Crippen LogP contribution >= 0.6 is 32.9 Å². The Bertz CT molecular complexity index is 926. The van der Waals surface area contributed by atoms with E-state index < -0.39 is 0 Å². The number of carbonyl (C=O) groups excluding carboxylic acids is 1. The van der Waals surface area contributed by atoms with Crippen LogP contribution in [0.25, 0.3) is 11.0 Å².